The summed E-state index contributed by atoms with van der Waals surface area (Å²) in [5.41, 5.74) is 0.472. The quantitative estimate of drug-likeness (QED) is 0.753. The van der Waals surface area contributed by atoms with Crippen LogP contribution in [-0.2, 0) is 4.74 Å². The molecule has 2 aliphatic heterocycles. The van der Waals surface area contributed by atoms with Gasteiger partial charge < -0.3 is 14.5 Å². The average Bonchev–Trinajstić information content (AvgIpc) is 2.46. The number of amides is 1. The van der Waals surface area contributed by atoms with Gasteiger partial charge in [-0.25, -0.2) is 9.18 Å². The normalized spacial score (nSPS) is 20.0. The lowest BCUT2D eigenvalue weighted by atomic mass is 9.72. The van der Waals surface area contributed by atoms with Crippen LogP contribution < -0.4 is 4.90 Å². The van der Waals surface area contributed by atoms with Gasteiger partial charge in [0.25, 0.3) is 0 Å². The topological polar surface area (TPSA) is 32.8 Å². The van der Waals surface area contributed by atoms with Crippen LogP contribution in [-0.4, -0.2) is 42.8 Å². The van der Waals surface area contributed by atoms with Gasteiger partial charge in [-0.05, 0) is 51.8 Å². The zero-order valence-electron chi connectivity index (χ0n) is 14.4. The fourth-order valence-corrected chi connectivity index (χ4v) is 3.72. The number of likely N-dealkylation sites (tertiary alicyclic amines) is 1. The maximum Gasteiger partial charge on any atom is 0.410 e. The van der Waals surface area contributed by atoms with Crippen LogP contribution in [0, 0.1) is 11.2 Å². The number of hydrogen-bond donors (Lipinski definition) is 0. The van der Waals surface area contributed by atoms with Gasteiger partial charge in [-0.1, -0.05) is 11.6 Å². The number of rotatable bonds is 1. The van der Waals surface area contributed by atoms with Gasteiger partial charge in [0.05, 0.1) is 10.7 Å². The first kappa shape index (κ1) is 17.3. The van der Waals surface area contributed by atoms with Gasteiger partial charge in [0.2, 0.25) is 0 Å². The summed E-state index contributed by atoms with van der Waals surface area (Å²) < 4.78 is 18.9. The highest BCUT2D eigenvalue weighted by molar-refractivity contribution is 6.33. The van der Waals surface area contributed by atoms with Crippen molar-refractivity contribution in [3.63, 3.8) is 0 Å². The summed E-state index contributed by atoms with van der Waals surface area (Å²) in [7, 11) is 0. The Kier molecular flexibility index (Phi) is 4.41. The average molecular weight is 355 g/mol. The van der Waals surface area contributed by atoms with Crippen LogP contribution >= 0.6 is 11.6 Å². The Morgan fingerprint density at radius 3 is 2.46 bits per heavy atom. The molecule has 0 radical (unpaired) electrons. The molecule has 6 heteroatoms. The van der Waals surface area contributed by atoms with Gasteiger partial charge in [0.1, 0.15) is 11.4 Å². The maximum absolute atomic E-state index is 13.5. The van der Waals surface area contributed by atoms with Gasteiger partial charge in [-0.2, -0.15) is 0 Å². The minimum atomic E-state index is -0.461. The first-order valence-electron chi connectivity index (χ1n) is 8.35. The molecule has 2 heterocycles. The Morgan fingerprint density at radius 1 is 1.25 bits per heavy atom. The van der Waals surface area contributed by atoms with Crippen LogP contribution in [0.5, 0.6) is 0 Å². The van der Waals surface area contributed by atoms with Crippen molar-refractivity contribution in [1.29, 1.82) is 0 Å². The summed E-state index contributed by atoms with van der Waals surface area (Å²) in [6.45, 7) is 8.76. The van der Waals surface area contributed by atoms with Crippen molar-refractivity contribution >= 4 is 23.4 Å². The lowest BCUT2D eigenvalue weighted by Gasteiger charge is -2.54. The predicted molar refractivity (Wildman–Crippen MR) is 93.1 cm³/mol. The van der Waals surface area contributed by atoms with Crippen LogP contribution in [0.15, 0.2) is 18.2 Å². The third kappa shape index (κ3) is 3.61. The molecule has 0 N–H and O–H groups in total. The minimum absolute atomic E-state index is 0.174. The number of hydrogen-bond acceptors (Lipinski definition) is 3. The monoisotopic (exact) mass is 354 g/mol. The molecule has 2 aliphatic rings. The maximum atomic E-state index is 13.5. The molecule has 2 saturated heterocycles. The largest absolute Gasteiger partial charge is 0.444 e. The van der Waals surface area contributed by atoms with E-state index in [9.17, 15) is 9.18 Å². The van der Waals surface area contributed by atoms with Gasteiger partial charge in [-0.3, -0.25) is 0 Å². The highest BCUT2D eigenvalue weighted by Gasteiger charge is 2.47. The molecule has 0 bridgehead atoms. The number of anilines is 1. The Bertz CT molecular complexity index is 628. The van der Waals surface area contributed by atoms with Crippen LogP contribution in [0.25, 0.3) is 0 Å². The number of carbonyl (C=O) groups excluding carboxylic acids is 1. The highest BCUT2D eigenvalue weighted by atomic mass is 35.5. The predicted octanol–water partition coefficient (Wildman–Crippen LogP) is 4.32. The highest BCUT2D eigenvalue weighted by Crippen LogP contribution is 2.42. The summed E-state index contributed by atoms with van der Waals surface area (Å²) in [4.78, 5) is 16.0. The van der Waals surface area contributed by atoms with Crippen molar-refractivity contribution in [3.05, 3.63) is 29.0 Å². The molecule has 1 aromatic carbocycles. The molecule has 132 valence electrons. The lowest BCUT2D eigenvalue weighted by molar-refractivity contribution is -0.0434. The molecule has 1 spiro atoms. The second-order valence-electron chi connectivity index (χ2n) is 7.92. The van der Waals surface area contributed by atoms with E-state index in [4.69, 9.17) is 16.3 Å². The van der Waals surface area contributed by atoms with E-state index in [1.54, 1.807) is 11.0 Å². The molecule has 1 aromatic rings. The van der Waals surface area contributed by atoms with Crippen molar-refractivity contribution in [2.24, 2.45) is 5.41 Å². The summed E-state index contributed by atoms with van der Waals surface area (Å²) in [5, 5.41) is 0.580. The molecule has 2 fully saturated rings. The van der Waals surface area contributed by atoms with Crippen LogP contribution in [0.3, 0.4) is 0 Å². The van der Waals surface area contributed by atoms with Gasteiger partial charge in [0, 0.05) is 31.6 Å². The third-order valence-corrected chi connectivity index (χ3v) is 5.10. The zero-order chi connectivity index (χ0) is 17.5. The molecule has 0 unspecified atom stereocenters. The number of carbonyl (C=O) groups is 1. The van der Waals surface area contributed by atoms with Crippen LogP contribution in [0.2, 0.25) is 5.02 Å². The Hall–Kier alpha value is -1.49. The lowest BCUT2D eigenvalue weighted by Crippen LogP contribution is -2.62. The van der Waals surface area contributed by atoms with E-state index in [1.165, 1.54) is 12.1 Å². The van der Waals surface area contributed by atoms with Crippen molar-refractivity contribution in [2.75, 3.05) is 31.1 Å². The molecule has 24 heavy (non-hydrogen) atoms. The second-order valence-corrected chi connectivity index (χ2v) is 8.33. The number of benzene rings is 1. The summed E-state index contributed by atoms with van der Waals surface area (Å²) >= 11 is 6.20. The molecule has 4 nitrogen and oxygen atoms in total. The van der Waals surface area contributed by atoms with Gasteiger partial charge >= 0.3 is 6.09 Å². The molecule has 0 aromatic heterocycles. The third-order valence-electron chi connectivity index (χ3n) is 4.78. The van der Waals surface area contributed by atoms with E-state index >= 15 is 0 Å². The van der Waals surface area contributed by atoms with Gasteiger partial charge in [0.15, 0.2) is 0 Å². The van der Waals surface area contributed by atoms with Crippen molar-refractivity contribution in [3.8, 4) is 0 Å². The molecule has 0 atom stereocenters. The fraction of sp³-hybridized carbons (Fsp3) is 0.611. The van der Waals surface area contributed by atoms with E-state index in [0.29, 0.717) is 5.02 Å². The van der Waals surface area contributed by atoms with Gasteiger partial charge in [-0.15, -0.1) is 0 Å². The SMILES string of the molecule is CC(C)(C)OC(=O)N1CC2(CCN(c3cc(F)ccc3Cl)CC2)C1. The number of piperidine rings is 1. The second kappa shape index (κ2) is 6.10. The molecule has 1 amide bonds. The number of halogens is 2. The van der Waals surface area contributed by atoms with E-state index in [0.717, 1.165) is 44.7 Å². The van der Waals surface area contributed by atoms with E-state index in [-0.39, 0.29) is 17.3 Å². The molecular formula is C18H24ClFN2O2. The summed E-state index contributed by atoms with van der Waals surface area (Å²) in [5.74, 6) is -0.269. The fourth-order valence-electron chi connectivity index (χ4n) is 3.49. The molecular weight excluding hydrogens is 331 g/mol. The number of ether oxygens (including phenoxy) is 1. The van der Waals surface area contributed by atoms with Crippen LogP contribution in [0.4, 0.5) is 14.9 Å². The van der Waals surface area contributed by atoms with Crippen molar-refractivity contribution < 1.29 is 13.9 Å². The number of nitrogens with zero attached hydrogens (tertiary/aromatic N) is 2. The zero-order valence-corrected chi connectivity index (χ0v) is 15.2. The molecule has 0 saturated carbocycles. The summed E-state index contributed by atoms with van der Waals surface area (Å²) in [6, 6.07) is 4.47. The Labute approximate surface area is 147 Å². The van der Waals surface area contributed by atoms with E-state index in [2.05, 4.69) is 4.90 Å². The Balaban J connectivity index is 1.55. The summed E-state index contributed by atoms with van der Waals surface area (Å²) in [6.07, 6.45) is 1.71. The van der Waals surface area contributed by atoms with E-state index in [1.807, 2.05) is 20.8 Å². The Morgan fingerprint density at radius 2 is 1.88 bits per heavy atom. The van der Waals surface area contributed by atoms with Crippen molar-refractivity contribution in [2.45, 2.75) is 39.2 Å². The molecule has 0 aliphatic carbocycles. The smallest absolute Gasteiger partial charge is 0.410 e. The first-order chi connectivity index (χ1) is 11.2. The van der Waals surface area contributed by atoms with E-state index < -0.39 is 5.60 Å². The first-order valence-corrected chi connectivity index (χ1v) is 8.73. The minimum Gasteiger partial charge on any atom is -0.444 e. The molecule has 3 rings (SSSR count). The standard InChI is InChI=1S/C18H24ClFN2O2/c1-17(2,3)24-16(23)22-11-18(12-22)6-8-21(9-7-18)15-10-13(20)4-5-14(15)19/h4-5,10H,6-9,11-12H2,1-3H3. The van der Waals surface area contributed by atoms with Crippen molar-refractivity contribution in [1.82, 2.24) is 4.90 Å². The van der Waals surface area contributed by atoms with Crippen LogP contribution in [0.1, 0.15) is 33.6 Å².